The molecule has 8 nitrogen and oxygen atoms in total. The molecular formula is C25H28N4O4. The molecule has 33 heavy (non-hydrogen) atoms. The summed E-state index contributed by atoms with van der Waals surface area (Å²) in [7, 11) is 1.61. The van der Waals surface area contributed by atoms with Crippen molar-refractivity contribution in [3.63, 3.8) is 0 Å². The van der Waals surface area contributed by atoms with Gasteiger partial charge in [0.1, 0.15) is 17.4 Å². The van der Waals surface area contributed by atoms with Gasteiger partial charge in [-0.1, -0.05) is 18.2 Å². The van der Waals surface area contributed by atoms with Crippen molar-refractivity contribution in [1.82, 2.24) is 15.1 Å². The van der Waals surface area contributed by atoms with Crippen LogP contribution in [0.3, 0.4) is 0 Å². The molecule has 0 saturated carbocycles. The fraction of sp³-hybridized carbons (Fsp3) is 0.320. The van der Waals surface area contributed by atoms with Gasteiger partial charge in [0.25, 0.3) is 0 Å². The van der Waals surface area contributed by atoms with E-state index in [4.69, 9.17) is 9.47 Å². The summed E-state index contributed by atoms with van der Waals surface area (Å²) in [6.07, 6.45) is 3.39. The van der Waals surface area contributed by atoms with Crippen LogP contribution in [0.2, 0.25) is 0 Å². The molecule has 1 atom stereocenters. The number of amides is 2. The van der Waals surface area contributed by atoms with Crippen molar-refractivity contribution in [2.75, 3.05) is 12.4 Å². The van der Waals surface area contributed by atoms with Gasteiger partial charge < -0.3 is 14.8 Å². The van der Waals surface area contributed by atoms with Crippen molar-refractivity contribution in [1.29, 1.82) is 0 Å². The van der Waals surface area contributed by atoms with Crippen LogP contribution in [0, 0.1) is 0 Å². The molecule has 2 aromatic carbocycles. The predicted molar refractivity (Wildman–Crippen MR) is 125 cm³/mol. The summed E-state index contributed by atoms with van der Waals surface area (Å²) in [5.74, 6) is 0.443. The fourth-order valence-corrected chi connectivity index (χ4v) is 3.81. The lowest BCUT2D eigenvalue weighted by molar-refractivity contribution is -0.121. The van der Waals surface area contributed by atoms with Crippen molar-refractivity contribution in [3.8, 4) is 16.9 Å². The number of rotatable bonds is 4. The zero-order valence-electron chi connectivity index (χ0n) is 19.2. The maximum atomic E-state index is 13.3. The molecule has 0 spiro atoms. The fourth-order valence-electron chi connectivity index (χ4n) is 3.81. The molecule has 8 heteroatoms. The first kappa shape index (κ1) is 22.4. The largest absolute Gasteiger partial charge is 0.497 e. The Labute approximate surface area is 192 Å². The average molecular weight is 449 g/mol. The number of H-pyrrole nitrogens is 1. The molecule has 0 radical (unpaired) electrons. The Hall–Kier alpha value is -3.81. The molecule has 0 unspecified atom stereocenters. The van der Waals surface area contributed by atoms with Gasteiger partial charge in [-0.3, -0.25) is 14.8 Å². The number of methoxy groups -OCH3 is 1. The molecule has 0 saturated heterocycles. The molecule has 3 aromatic rings. The van der Waals surface area contributed by atoms with E-state index in [1.807, 2.05) is 63.2 Å². The van der Waals surface area contributed by atoms with E-state index in [2.05, 4.69) is 15.5 Å². The quantitative estimate of drug-likeness (QED) is 0.617. The van der Waals surface area contributed by atoms with Crippen molar-refractivity contribution in [3.05, 3.63) is 66.0 Å². The van der Waals surface area contributed by atoms with E-state index < -0.39 is 17.7 Å². The maximum absolute atomic E-state index is 13.3. The minimum absolute atomic E-state index is 0.273. The Morgan fingerprint density at radius 2 is 1.85 bits per heavy atom. The summed E-state index contributed by atoms with van der Waals surface area (Å²) in [6.45, 7) is 5.71. The van der Waals surface area contributed by atoms with Crippen LogP contribution in [0.1, 0.15) is 31.9 Å². The van der Waals surface area contributed by atoms with E-state index in [-0.39, 0.29) is 12.5 Å². The molecule has 2 amide bonds. The van der Waals surface area contributed by atoms with E-state index in [1.54, 1.807) is 19.5 Å². The number of ether oxygens (including phenoxy) is 2. The van der Waals surface area contributed by atoms with Gasteiger partial charge >= 0.3 is 6.09 Å². The molecule has 1 aromatic heterocycles. The second kappa shape index (κ2) is 8.97. The number of hydrogen-bond acceptors (Lipinski definition) is 5. The lowest BCUT2D eigenvalue weighted by atomic mass is 9.93. The van der Waals surface area contributed by atoms with E-state index in [1.165, 1.54) is 4.90 Å². The standard InChI is InChI=1S/C25H28N4O4/c1-25(2,3)33-24(31)29-15-17-7-10-21(32-4)11-18(17)12-22(29)23(30)28-20-8-5-16(6-9-20)19-13-26-27-14-19/h5-11,13-14,22H,12,15H2,1-4H3,(H,26,27)(H,28,30)/t22-/m1/s1. The van der Waals surface area contributed by atoms with Gasteiger partial charge in [-0.25, -0.2) is 4.79 Å². The normalized spacial score (nSPS) is 15.5. The highest BCUT2D eigenvalue weighted by Crippen LogP contribution is 2.29. The first-order valence-electron chi connectivity index (χ1n) is 10.8. The van der Waals surface area contributed by atoms with E-state index in [0.717, 1.165) is 22.3 Å². The number of carbonyl (C=O) groups is 2. The third kappa shape index (κ3) is 5.16. The predicted octanol–water partition coefficient (Wildman–Crippen LogP) is 4.39. The number of benzene rings is 2. The zero-order chi connectivity index (χ0) is 23.6. The minimum Gasteiger partial charge on any atom is -0.497 e. The molecule has 0 bridgehead atoms. The van der Waals surface area contributed by atoms with Gasteiger partial charge in [0, 0.05) is 23.9 Å². The molecule has 172 valence electrons. The monoisotopic (exact) mass is 448 g/mol. The smallest absolute Gasteiger partial charge is 0.411 e. The number of anilines is 1. The van der Waals surface area contributed by atoms with Crippen LogP contribution < -0.4 is 10.1 Å². The Balaban J connectivity index is 1.57. The summed E-state index contributed by atoms with van der Waals surface area (Å²) in [5, 5.41) is 9.69. The Morgan fingerprint density at radius 1 is 1.09 bits per heavy atom. The van der Waals surface area contributed by atoms with E-state index >= 15 is 0 Å². The minimum atomic E-state index is -0.715. The van der Waals surface area contributed by atoms with Crippen LogP contribution in [-0.2, 0) is 22.5 Å². The Bertz CT molecular complexity index is 1130. The summed E-state index contributed by atoms with van der Waals surface area (Å²) < 4.78 is 10.9. The van der Waals surface area contributed by atoms with Crippen LogP contribution >= 0.6 is 0 Å². The third-order valence-corrected chi connectivity index (χ3v) is 5.46. The lowest BCUT2D eigenvalue weighted by Crippen LogP contribution is -2.52. The van der Waals surface area contributed by atoms with Crippen LogP contribution in [0.15, 0.2) is 54.9 Å². The van der Waals surface area contributed by atoms with Gasteiger partial charge in [0.2, 0.25) is 5.91 Å². The Kier molecular flexibility index (Phi) is 6.09. The molecule has 0 fully saturated rings. The highest BCUT2D eigenvalue weighted by atomic mass is 16.6. The second-order valence-electron chi connectivity index (χ2n) is 9.02. The lowest BCUT2D eigenvalue weighted by Gasteiger charge is -2.37. The molecule has 1 aliphatic heterocycles. The topological polar surface area (TPSA) is 96.5 Å². The molecule has 4 rings (SSSR count). The van der Waals surface area contributed by atoms with Gasteiger partial charge in [0.15, 0.2) is 0 Å². The number of nitrogens with zero attached hydrogens (tertiary/aromatic N) is 2. The molecule has 1 aliphatic rings. The van der Waals surface area contributed by atoms with Crippen LogP contribution in [0.25, 0.3) is 11.1 Å². The molecule has 2 N–H and O–H groups in total. The van der Waals surface area contributed by atoms with Crippen molar-refractivity contribution in [2.24, 2.45) is 0 Å². The second-order valence-corrected chi connectivity index (χ2v) is 9.02. The zero-order valence-corrected chi connectivity index (χ0v) is 19.2. The third-order valence-electron chi connectivity index (χ3n) is 5.46. The number of nitrogens with one attached hydrogen (secondary N) is 2. The summed E-state index contributed by atoms with van der Waals surface area (Å²) in [5.41, 5.74) is 3.87. The highest BCUT2D eigenvalue weighted by molar-refractivity contribution is 5.97. The summed E-state index contributed by atoms with van der Waals surface area (Å²) in [4.78, 5) is 27.8. The van der Waals surface area contributed by atoms with Gasteiger partial charge in [-0.15, -0.1) is 0 Å². The van der Waals surface area contributed by atoms with Crippen molar-refractivity contribution < 1.29 is 19.1 Å². The van der Waals surface area contributed by atoms with Crippen molar-refractivity contribution in [2.45, 2.75) is 45.4 Å². The van der Waals surface area contributed by atoms with Crippen LogP contribution in [0.5, 0.6) is 5.75 Å². The SMILES string of the molecule is COc1ccc2c(c1)C[C@H](C(=O)Nc1ccc(-c3cn[nH]c3)cc1)N(C(=O)OC(C)(C)C)C2. The number of fused-ring (bicyclic) bond motifs is 1. The molecule has 0 aliphatic carbocycles. The van der Waals surface area contributed by atoms with E-state index in [9.17, 15) is 9.59 Å². The molecular weight excluding hydrogens is 420 g/mol. The first-order valence-corrected chi connectivity index (χ1v) is 10.8. The maximum Gasteiger partial charge on any atom is 0.411 e. The number of carbonyl (C=O) groups excluding carboxylic acids is 2. The molecule has 2 heterocycles. The highest BCUT2D eigenvalue weighted by Gasteiger charge is 2.37. The van der Waals surface area contributed by atoms with Gasteiger partial charge in [0.05, 0.1) is 19.9 Å². The van der Waals surface area contributed by atoms with Crippen molar-refractivity contribution >= 4 is 17.7 Å². The van der Waals surface area contributed by atoms with Gasteiger partial charge in [-0.2, -0.15) is 5.10 Å². The van der Waals surface area contributed by atoms with Crippen LogP contribution in [-0.4, -0.2) is 45.9 Å². The summed E-state index contributed by atoms with van der Waals surface area (Å²) >= 11 is 0. The first-order chi connectivity index (χ1) is 15.7. The Morgan fingerprint density at radius 3 is 2.48 bits per heavy atom. The number of aromatic amines is 1. The van der Waals surface area contributed by atoms with Crippen LogP contribution in [0.4, 0.5) is 10.5 Å². The number of aromatic nitrogens is 2. The number of hydrogen-bond donors (Lipinski definition) is 2. The average Bonchev–Trinajstić information content (AvgIpc) is 3.32. The summed E-state index contributed by atoms with van der Waals surface area (Å²) in [6, 6.07) is 12.5. The van der Waals surface area contributed by atoms with E-state index in [0.29, 0.717) is 17.9 Å². The van der Waals surface area contributed by atoms with Gasteiger partial charge in [-0.05, 0) is 61.7 Å².